The van der Waals surface area contributed by atoms with E-state index >= 15 is 0 Å². The summed E-state index contributed by atoms with van der Waals surface area (Å²) >= 11 is 0. The fourth-order valence-corrected chi connectivity index (χ4v) is 2.65. The number of urea groups is 1. The van der Waals surface area contributed by atoms with E-state index in [0.717, 1.165) is 23.5 Å². The largest absolute Gasteiger partial charge is 0.333 e. The Balaban J connectivity index is 1.54. The fourth-order valence-electron chi connectivity index (χ4n) is 2.65. The number of carbonyl (C=O) groups excluding carboxylic acids is 1. The molecule has 0 bridgehead atoms. The zero-order valence-corrected chi connectivity index (χ0v) is 15.0. The van der Waals surface area contributed by atoms with Crippen molar-refractivity contribution in [1.29, 1.82) is 0 Å². The molecule has 0 fully saturated rings. The first-order valence-electron chi connectivity index (χ1n) is 8.55. The van der Waals surface area contributed by atoms with Crippen LogP contribution in [0.2, 0.25) is 0 Å². The summed E-state index contributed by atoms with van der Waals surface area (Å²) in [4.78, 5) is 20.3. The van der Waals surface area contributed by atoms with Gasteiger partial charge in [-0.25, -0.2) is 19.4 Å². The van der Waals surface area contributed by atoms with Gasteiger partial charge < -0.3 is 15.2 Å². The van der Waals surface area contributed by atoms with Gasteiger partial charge in [-0.05, 0) is 23.6 Å². The minimum Gasteiger partial charge on any atom is -0.333 e. The van der Waals surface area contributed by atoms with E-state index in [-0.39, 0.29) is 6.03 Å². The standard InChI is InChI=1S/C18H23N7O/c1-14(2)9-24-12-19-7-17(24)8-21-18(26)23-16-5-3-4-15(6-16)10-25-13-20-11-22-25/h3-7,11-14H,8-10H2,1-2H3,(H2,21,23,26). The van der Waals surface area contributed by atoms with Gasteiger partial charge in [-0.15, -0.1) is 0 Å². The second-order valence-electron chi connectivity index (χ2n) is 6.53. The molecule has 3 rings (SSSR count). The van der Waals surface area contributed by atoms with Crippen LogP contribution >= 0.6 is 0 Å². The topological polar surface area (TPSA) is 89.7 Å². The number of imidazole rings is 1. The number of nitrogens with zero attached hydrogens (tertiary/aromatic N) is 5. The van der Waals surface area contributed by atoms with Gasteiger partial charge in [-0.1, -0.05) is 26.0 Å². The smallest absolute Gasteiger partial charge is 0.319 e. The van der Waals surface area contributed by atoms with Crippen LogP contribution in [0.4, 0.5) is 10.5 Å². The van der Waals surface area contributed by atoms with Crippen LogP contribution in [0.1, 0.15) is 25.1 Å². The molecular weight excluding hydrogens is 330 g/mol. The van der Waals surface area contributed by atoms with Crippen LogP contribution < -0.4 is 10.6 Å². The fraction of sp³-hybridized carbons (Fsp3) is 0.333. The summed E-state index contributed by atoms with van der Waals surface area (Å²) in [5, 5.41) is 9.82. The molecule has 0 radical (unpaired) electrons. The maximum atomic E-state index is 12.2. The van der Waals surface area contributed by atoms with E-state index in [1.54, 1.807) is 23.5 Å². The molecule has 2 aromatic heterocycles. The number of hydrogen-bond acceptors (Lipinski definition) is 4. The molecule has 0 aliphatic carbocycles. The first-order valence-corrected chi connectivity index (χ1v) is 8.55. The number of carbonyl (C=O) groups is 1. The third kappa shape index (κ3) is 4.92. The Labute approximate surface area is 152 Å². The molecule has 0 atom stereocenters. The summed E-state index contributed by atoms with van der Waals surface area (Å²) in [6.45, 7) is 6.21. The van der Waals surface area contributed by atoms with Crippen molar-refractivity contribution in [2.24, 2.45) is 5.92 Å². The van der Waals surface area contributed by atoms with Crippen molar-refractivity contribution in [3.05, 3.63) is 60.7 Å². The molecule has 8 heteroatoms. The van der Waals surface area contributed by atoms with Gasteiger partial charge in [0.2, 0.25) is 0 Å². The Bertz CT molecular complexity index is 839. The van der Waals surface area contributed by atoms with Gasteiger partial charge in [0.25, 0.3) is 0 Å². The SMILES string of the molecule is CC(C)Cn1cncc1CNC(=O)Nc1cccc(Cn2cncn2)c1. The monoisotopic (exact) mass is 353 g/mol. The third-order valence-corrected chi connectivity index (χ3v) is 3.79. The molecule has 0 aliphatic rings. The van der Waals surface area contributed by atoms with Crippen LogP contribution in [-0.2, 0) is 19.6 Å². The van der Waals surface area contributed by atoms with E-state index in [9.17, 15) is 4.79 Å². The average Bonchev–Trinajstić information content (AvgIpc) is 3.25. The maximum absolute atomic E-state index is 12.2. The molecule has 0 saturated heterocycles. The number of amides is 2. The van der Waals surface area contributed by atoms with E-state index in [4.69, 9.17) is 0 Å². The quantitative estimate of drug-likeness (QED) is 0.683. The van der Waals surface area contributed by atoms with Crippen molar-refractivity contribution in [3.63, 3.8) is 0 Å². The predicted molar refractivity (Wildman–Crippen MR) is 98.5 cm³/mol. The van der Waals surface area contributed by atoms with Crippen LogP contribution in [0.15, 0.2) is 49.4 Å². The third-order valence-electron chi connectivity index (χ3n) is 3.79. The number of nitrogens with one attached hydrogen (secondary N) is 2. The molecule has 0 aliphatic heterocycles. The van der Waals surface area contributed by atoms with E-state index in [1.165, 1.54) is 6.33 Å². The Morgan fingerprint density at radius 3 is 2.88 bits per heavy atom. The number of anilines is 1. The molecule has 2 heterocycles. The minimum absolute atomic E-state index is 0.250. The van der Waals surface area contributed by atoms with Crippen LogP contribution in [-0.4, -0.2) is 30.3 Å². The number of benzene rings is 1. The summed E-state index contributed by atoms with van der Waals surface area (Å²) in [6.07, 6.45) is 6.73. The van der Waals surface area contributed by atoms with Crippen LogP contribution in [0.25, 0.3) is 0 Å². The van der Waals surface area contributed by atoms with Gasteiger partial charge in [0.1, 0.15) is 12.7 Å². The average molecular weight is 353 g/mol. The highest BCUT2D eigenvalue weighted by atomic mass is 16.2. The molecule has 26 heavy (non-hydrogen) atoms. The number of hydrogen-bond donors (Lipinski definition) is 2. The highest BCUT2D eigenvalue weighted by Crippen LogP contribution is 2.12. The summed E-state index contributed by atoms with van der Waals surface area (Å²) in [5.74, 6) is 0.518. The molecule has 2 N–H and O–H groups in total. The summed E-state index contributed by atoms with van der Waals surface area (Å²) < 4.78 is 3.79. The molecule has 0 saturated carbocycles. The lowest BCUT2D eigenvalue weighted by Gasteiger charge is -2.12. The maximum Gasteiger partial charge on any atom is 0.319 e. The molecule has 1 aromatic carbocycles. The first-order chi connectivity index (χ1) is 12.6. The molecule has 2 amide bonds. The number of aromatic nitrogens is 5. The normalized spacial score (nSPS) is 10.9. The highest BCUT2D eigenvalue weighted by molar-refractivity contribution is 5.89. The van der Waals surface area contributed by atoms with Gasteiger partial charge in [0.05, 0.1) is 25.1 Å². The van der Waals surface area contributed by atoms with Crippen molar-refractivity contribution in [2.45, 2.75) is 33.5 Å². The molecule has 136 valence electrons. The molecule has 0 spiro atoms. The lowest BCUT2D eigenvalue weighted by atomic mass is 10.2. The van der Waals surface area contributed by atoms with Crippen molar-refractivity contribution in [2.75, 3.05) is 5.32 Å². The summed E-state index contributed by atoms with van der Waals surface area (Å²) in [5.41, 5.74) is 2.74. The van der Waals surface area contributed by atoms with Crippen molar-refractivity contribution in [1.82, 2.24) is 29.6 Å². The van der Waals surface area contributed by atoms with E-state index in [2.05, 4.69) is 44.1 Å². The lowest BCUT2D eigenvalue weighted by Crippen LogP contribution is -2.29. The molecular formula is C18H23N7O. The van der Waals surface area contributed by atoms with Gasteiger partial charge in [0, 0.05) is 18.4 Å². The summed E-state index contributed by atoms with van der Waals surface area (Å²) in [6, 6.07) is 7.41. The molecule has 3 aromatic rings. The van der Waals surface area contributed by atoms with Gasteiger partial charge in [-0.2, -0.15) is 5.10 Å². The Morgan fingerprint density at radius 2 is 2.12 bits per heavy atom. The second kappa shape index (κ2) is 8.28. The molecule has 8 nitrogen and oxygen atoms in total. The van der Waals surface area contributed by atoms with E-state index in [0.29, 0.717) is 19.0 Å². The van der Waals surface area contributed by atoms with Crippen LogP contribution in [0.5, 0.6) is 0 Å². The first kappa shape index (κ1) is 17.7. The van der Waals surface area contributed by atoms with Crippen LogP contribution in [0.3, 0.4) is 0 Å². The second-order valence-corrected chi connectivity index (χ2v) is 6.53. The lowest BCUT2D eigenvalue weighted by molar-refractivity contribution is 0.251. The highest BCUT2D eigenvalue weighted by Gasteiger charge is 2.07. The van der Waals surface area contributed by atoms with Gasteiger partial charge >= 0.3 is 6.03 Å². The zero-order chi connectivity index (χ0) is 18.4. The Morgan fingerprint density at radius 1 is 1.23 bits per heavy atom. The zero-order valence-electron chi connectivity index (χ0n) is 15.0. The van der Waals surface area contributed by atoms with E-state index in [1.807, 2.05) is 24.3 Å². The van der Waals surface area contributed by atoms with Crippen LogP contribution in [0, 0.1) is 5.92 Å². The van der Waals surface area contributed by atoms with Crippen molar-refractivity contribution < 1.29 is 4.79 Å². The van der Waals surface area contributed by atoms with E-state index < -0.39 is 0 Å². The van der Waals surface area contributed by atoms with Crippen molar-refractivity contribution in [3.8, 4) is 0 Å². The minimum atomic E-state index is -0.250. The summed E-state index contributed by atoms with van der Waals surface area (Å²) in [7, 11) is 0. The molecule has 0 unspecified atom stereocenters. The Kier molecular flexibility index (Phi) is 5.62. The van der Waals surface area contributed by atoms with Crippen molar-refractivity contribution >= 4 is 11.7 Å². The Hall–Kier alpha value is -3.16. The van der Waals surface area contributed by atoms with Gasteiger partial charge in [0.15, 0.2) is 0 Å². The number of rotatable bonds is 7. The van der Waals surface area contributed by atoms with Gasteiger partial charge in [-0.3, -0.25) is 0 Å². The predicted octanol–water partition coefficient (Wildman–Crippen LogP) is 2.50.